The van der Waals surface area contributed by atoms with Gasteiger partial charge in [-0.3, -0.25) is 48.5 Å². The summed E-state index contributed by atoms with van der Waals surface area (Å²) in [6.07, 6.45) is -6.71. The summed E-state index contributed by atoms with van der Waals surface area (Å²) in [5.74, 6) is -7.59. The highest BCUT2D eigenvalue weighted by molar-refractivity contribution is 5.98. The first-order chi connectivity index (χ1) is 41.9. The summed E-state index contributed by atoms with van der Waals surface area (Å²) in [4.78, 5) is 128. The number of unbranched alkanes of at least 4 members (excludes halogenated alkanes) is 6. The van der Waals surface area contributed by atoms with Crippen LogP contribution in [0.2, 0.25) is 0 Å². The van der Waals surface area contributed by atoms with Crippen molar-refractivity contribution in [3.63, 3.8) is 0 Å². The normalized spacial score (nSPS) is 26.7. The van der Waals surface area contributed by atoms with Crippen molar-refractivity contribution in [1.29, 1.82) is 0 Å². The van der Waals surface area contributed by atoms with Crippen molar-refractivity contribution < 1.29 is 84.0 Å². The molecule has 0 bridgehead atoms. The van der Waals surface area contributed by atoms with Gasteiger partial charge in [0.2, 0.25) is 53.7 Å². The first-order valence-electron chi connectivity index (χ1n) is 31.2. The van der Waals surface area contributed by atoms with Crippen molar-refractivity contribution in [3.05, 3.63) is 29.8 Å². The van der Waals surface area contributed by atoms with E-state index in [2.05, 4.69) is 63.3 Å². The second kappa shape index (κ2) is 37.8. The number of phenols is 1. The zero-order valence-electron chi connectivity index (χ0n) is 51.3. The van der Waals surface area contributed by atoms with E-state index >= 15 is 4.79 Å². The Balaban J connectivity index is 1.78. The minimum Gasteiger partial charge on any atom is -0.508 e. The van der Waals surface area contributed by atoms with Gasteiger partial charge in [-0.15, -0.1) is 0 Å². The number of benzene rings is 1. The fraction of sp³-hybridized carbons (Fsp3) is 0.746. The maximum Gasteiger partial charge on any atom is 0.248 e. The van der Waals surface area contributed by atoms with E-state index in [0.717, 1.165) is 67.4 Å². The molecule has 88 heavy (non-hydrogen) atoms. The number of aliphatic hydroxyl groups excluding tert-OH is 7. The molecule has 498 valence electrons. The Hall–Kier alpha value is -6.15. The van der Waals surface area contributed by atoms with Gasteiger partial charge in [-0.05, 0) is 87.9 Å². The van der Waals surface area contributed by atoms with Crippen molar-refractivity contribution in [1.82, 2.24) is 52.3 Å². The van der Waals surface area contributed by atoms with Gasteiger partial charge >= 0.3 is 0 Å². The van der Waals surface area contributed by atoms with E-state index in [1.54, 1.807) is 0 Å². The van der Waals surface area contributed by atoms with Crippen LogP contribution in [0.1, 0.15) is 149 Å². The third-order valence-electron chi connectivity index (χ3n) is 16.7. The van der Waals surface area contributed by atoms with E-state index in [1.807, 2.05) is 0 Å². The van der Waals surface area contributed by atoms with Crippen LogP contribution in [0.5, 0.6) is 5.75 Å². The first-order valence-corrected chi connectivity index (χ1v) is 31.2. The van der Waals surface area contributed by atoms with Gasteiger partial charge in [0.25, 0.3) is 0 Å². The van der Waals surface area contributed by atoms with Crippen LogP contribution >= 0.6 is 0 Å². The second-order valence-electron chi connectivity index (χ2n) is 23.9. The van der Waals surface area contributed by atoms with Crippen LogP contribution in [0.25, 0.3) is 0 Å². The molecular formula is C59H100N12O17. The minimum absolute atomic E-state index is 0.0552. The van der Waals surface area contributed by atoms with Gasteiger partial charge in [0.1, 0.15) is 66.4 Å². The Morgan fingerprint density at radius 3 is 1.99 bits per heavy atom. The number of nitrogens with zero attached hydrogens (tertiary/aromatic N) is 2. The Kier molecular flexibility index (Phi) is 31.9. The molecular weight excluding hydrogens is 1150 g/mol. The molecule has 3 saturated heterocycles. The average Bonchev–Trinajstić information content (AvgIpc) is 1.73. The predicted molar refractivity (Wildman–Crippen MR) is 320 cm³/mol. The van der Waals surface area contributed by atoms with Crippen LogP contribution in [-0.2, 0) is 43.2 Å². The number of carbonyl (C=O) groups excluding carboxylic acids is 9. The summed E-state index contributed by atoms with van der Waals surface area (Å²) < 4.78 is 0. The molecule has 4 rings (SSSR count). The molecule has 0 aromatic heterocycles. The van der Waals surface area contributed by atoms with Gasteiger partial charge < -0.3 is 99.3 Å². The van der Waals surface area contributed by atoms with E-state index in [1.165, 1.54) is 18.6 Å². The molecule has 20 N–H and O–H groups in total. The lowest BCUT2D eigenvalue weighted by Gasteiger charge is -2.35. The third-order valence-corrected chi connectivity index (χ3v) is 16.7. The van der Waals surface area contributed by atoms with Crippen LogP contribution in [0.4, 0.5) is 0 Å². The van der Waals surface area contributed by atoms with Crippen molar-refractivity contribution in [2.45, 2.75) is 228 Å². The molecule has 0 spiro atoms. The van der Waals surface area contributed by atoms with Gasteiger partial charge in [-0.1, -0.05) is 77.8 Å². The zero-order chi connectivity index (χ0) is 65.2. The van der Waals surface area contributed by atoms with Gasteiger partial charge in [0, 0.05) is 52.0 Å². The number of hydrogen-bond acceptors (Lipinski definition) is 20. The third kappa shape index (κ3) is 22.7. The molecule has 1 aromatic carbocycles. The lowest BCUT2D eigenvalue weighted by atomic mass is 9.91. The zero-order valence-corrected chi connectivity index (χ0v) is 51.3. The summed E-state index contributed by atoms with van der Waals surface area (Å²) in [6, 6.07) is -8.06. The molecule has 0 aliphatic carbocycles. The van der Waals surface area contributed by atoms with Gasteiger partial charge in [-0.2, -0.15) is 0 Å². The number of aliphatic hydroxyl groups is 7. The fourth-order valence-corrected chi connectivity index (χ4v) is 11.4. The Bertz CT molecular complexity index is 2400. The molecule has 29 nitrogen and oxygen atoms in total. The molecule has 17 atom stereocenters. The van der Waals surface area contributed by atoms with E-state index < -0.39 is 177 Å². The van der Waals surface area contributed by atoms with Crippen LogP contribution in [0, 0.1) is 11.8 Å². The smallest absolute Gasteiger partial charge is 0.248 e. The Morgan fingerprint density at radius 1 is 0.705 bits per heavy atom. The lowest BCUT2D eigenvalue weighted by Crippen LogP contribution is -2.65. The molecule has 1 aromatic rings. The van der Waals surface area contributed by atoms with Crippen LogP contribution in [-0.4, -0.2) is 229 Å². The standard InChI is InChI=1S/C59H100N12O17/c1-5-33(2)28-34(3)14-10-8-6-7-9-11-16-45(79)65-40-30-44(78)52(62-26-24-61)69-57(86)49-43(77)22-27-70(49)59(88)47(42(76)21-25-63-53(82)39(64-32-72)15-12-13-23-60)67-56(85)48(51(81)50(80)36-17-19-37(74)20-18-36)68-55(84)41-29-38(75)31-71(41)58(87)46(35(4)73)66-54(40)83/h17-20,32-35,38-44,46-52,62,73-78,80-81H,5-16,21-31,60-61H2,1-4H3,(H,63,82)(H,64,72)(H,65,79)(H,66,83)(H,67,85)(H,68,84)(H,69,86)/t33-,34+,35+,38+,39-,40-,41-,42+,43-,44+,46-,47-,48-,49-,50-,51-,52-/m0/s1. The minimum atomic E-state index is -2.37. The largest absolute Gasteiger partial charge is 0.508 e. The highest BCUT2D eigenvalue weighted by Gasteiger charge is 2.49. The number of amides is 9. The molecule has 0 saturated carbocycles. The maximum atomic E-state index is 15.0. The van der Waals surface area contributed by atoms with Crippen molar-refractivity contribution >= 4 is 53.7 Å². The number of fused-ring (bicyclic) bond motifs is 2. The topological polar surface area (TPSA) is 470 Å². The monoisotopic (exact) mass is 1250 g/mol. The van der Waals surface area contributed by atoms with Gasteiger partial charge in [-0.25, -0.2) is 0 Å². The van der Waals surface area contributed by atoms with E-state index in [-0.39, 0.29) is 43.7 Å². The quantitative estimate of drug-likeness (QED) is 0.0249. The van der Waals surface area contributed by atoms with Crippen LogP contribution in [0.3, 0.4) is 0 Å². The molecule has 3 fully saturated rings. The highest BCUT2D eigenvalue weighted by atomic mass is 16.3. The van der Waals surface area contributed by atoms with Gasteiger partial charge in [0.05, 0.1) is 30.5 Å². The number of rotatable bonds is 31. The fourth-order valence-electron chi connectivity index (χ4n) is 11.4. The van der Waals surface area contributed by atoms with Crippen molar-refractivity contribution in [2.75, 3.05) is 39.3 Å². The van der Waals surface area contributed by atoms with E-state index in [4.69, 9.17) is 11.5 Å². The number of aromatic hydroxyl groups is 1. The molecule has 29 heteroatoms. The summed E-state index contributed by atoms with van der Waals surface area (Å²) in [5, 5.41) is 111. The summed E-state index contributed by atoms with van der Waals surface area (Å²) >= 11 is 0. The molecule has 3 heterocycles. The number of hydrogen-bond donors (Lipinski definition) is 18. The molecule has 3 aliphatic heterocycles. The average molecular weight is 1250 g/mol. The number of nitrogens with two attached hydrogens (primary N) is 2. The second-order valence-corrected chi connectivity index (χ2v) is 23.9. The SMILES string of the molecule is CC[C@H](C)C[C@H](C)CCCCCCCCC(=O)N[C@H]1C[C@@H](O)[C@@H](NCCN)NC(=O)[C@@H]2[C@@H](O)CCN2C(=O)[C@H]([C@H](O)CCNC(=O)[C@H](CCCCN)NC=O)NC(=O)[C@H]([C@H](O)[C@@H](O)c2ccc(O)cc2)NC(=O)[C@@H]2C[C@@H](O)CN2C(=O)[C@H]([C@@H](C)O)NC1=O. The van der Waals surface area contributed by atoms with E-state index in [0.29, 0.717) is 50.5 Å². The number of phenolic OH excluding ortho intramolecular Hbond substituents is 1. The number of carbonyl (C=O) groups is 9. The van der Waals surface area contributed by atoms with Crippen LogP contribution < -0.4 is 54.0 Å². The van der Waals surface area contributed by atoms with Crippen molar-refractivity contribution in [2.24, 2.45) is 23.3 Å². The lowest BCUT2D eigenvalue weighted by molar-refractivity contribution is -0.148. The summed E-state index contributed by atoms with van der Waals surface area (Å²) in [6.45, 7) is 6.62. The Labute approximate surface area is 514 Å². The molecule has 3 aliphatic rings. The molecule has 0 unspecified atom stereocenters. The highest BCUT2D eigenvalue weighted by Crippen LogP contribution is 2.27. The van der Waals surface area contributed by atoms with Gasteiger partial charge in [0.15, 0.2) is 0 Å². The van der Waals surface area contributed by atoms with Crippen LogP contribution in [0.15, 0.2) is 24.3 Å². The number of nitrogens with one attached hydrogen (secondary N) is 8. The maximum absolute atomic E-state index is 15.0. The summed E-state index contributed by atoms with van der Waals surface area (Å²) in [7, 11) is 0. The first kappa shape index (κ1) is 74.3. The Morgan fingerprint density at radius 2 is 1.34 bits per heavy atom. The predicted octanol–water partition coefficient (Wildman–Crippen LogP) is -3.91. The summed E-state index contributed by atoms with van der Waals surface area (Å²) in [5.41, 5.74) is 11.3. The molecule has 0 radical (unpaired) electrons. The van der Waals surface area contributed by atoms with E-state index in [9.17, 15) is 79.2 Å². The molecule has 9 amide bonds. The van der Waals surface area contributed by atoms with Crippen molar-refractivity contribution in [3.8, 4) is 5.75 Å².